The predicted octanol–water partition coefficient (Wildman–Crippen LogP) is 1.73. The van der Waals surface area contributed by atoms with Gasteiger partial charge in [-0.15, -0.1) is 0 Å². The molecule has 2 heterocycles. The molecule has 1 aliphatic heterocycles. The molecule has 0 spiro atoms. The van der Waals surface area contributed by atoms with Crippen molar-refractivity contribution in [1.82, 2.24) is 9.88 Å². The molecule has 1 N–H and O–H groups in total. The van der Waals surface area contributed by atoms with Crippen molar-refractivity contribution in [2.45, 2.75) is 32.1 Å². The lowest BCUT2D eigenvalue weighted by Crippen LogP contribution is -2.40. The third-order valence-corrected chi connectivity index (χ3v) is 3.71. The number of likely N-dealkylation sites (tertiary alicyclic amines) is 1. The zero-order valence-corrected chi connectivity index (χ0v) is 11.5. The fourth-order valence-corrected chi connectivity index (χ4v) is 2.66. The molecule has 0 aromatic carbocycles. The van der Waals surface area contributed by atoms with Gasteiger partial charge in [-0.1, -0.05) is 0 Å². The van der Waals surface area contributed by atoms with Crippen LogP contribution in [0.2, 0.25) is 0 Å². The summed E-state index contributed by atoms with van der Waals surface area (Å²) in [5.41, 5.74) is 1.10. The highest BCUT2D eigenvalue weighted by atomic mass is 16.4. The van der Waals surface area contributed by atoms with Crippen LogP contribution in [-0.2, 0) is 16.0 Å². The Labute approximate surface area is 118 Å². The molecule has 20 heavy (non-hydrogen) atoms. The zero-order valence-electron chi connectivity index (χ0n) is 11.5. The lowest BCUT2D eigenvalue weighted by molar-refractivity contribution is -0.140. The first kappa shape index (κ1) is 14.5. The van der Waals surface area contributed by atoms with Crippen molar-refractivity contribution in [2.24, 2.45) is 5.92 Å². The summed E-state index contributed by atoms with van der Waals surface area (Å²) in [6.07, 6.45) is 6.60. The highest BCUT2D eigenvalue weighted by molar-refractivity contribution is 5.76. The van der Waals surface area contributed by atoms with Gasteiger partial charge in [0.1, 0.15) is 0 Å². The molecule has 1 saturated heterocycles. The number of aromatic nitrogens is 1. The highest BCUT2D eigenvalue weighted by Crippen LogP contribution is 2.20. The largest absolute Gasteiger partial charge is 0.481 e. The van der Waals surface area contributed by atoms with Crippen LogP contribution < -0.4 is 0 Å². The first-order chi connectivity index (χ1) is 9.65. The number of carbonyl (C=O) groups is 2. The Morgan fingerprint density at radius 3 is 2.80 bits per heavy atom. The molecule has 5 heteroatoms. The number of aryl methyl sites for hydroxylation is 1. The van der Waals surface area contributed by atoms with Crippen LogP contribution in [0.3, 0.4) is 0 Å². The van der Waals surface area contributed by atoms with E-state index in [0.717, 1.165) is 24.9 Å². The van der Waals surface area contributed by atoms with Crippen LogP contribution in [0.25, 0.3) is 0 Å². The van der Waals surface area contributed by atoms with Crippen LogP contribution in [0, 0.1) is 5.92 Å². The number of hydrogen-bond donors (Lipinski definition) is 1. The van der Waals surface area contributed by atoms with E-state index in [4.69, 9.17) is 5.11 Å². The summed E-state index contributed by atoms with van der Waals surface area (Å²) in [5.74, 6) is -0.552. The van der Waals surface area contributed by atoms with Gasteiger partial charge in [0.25, 0.3) is 0 Å². The zero-order chi connectivity index (χ0) is 14.4. The minimum Gasteiger partial charge on any atom is -0.481 e. The van der Waals surface area contributed by atoms with Crippen molar-refractivity contribution in [1.29, 1.82) is 0 Å². The second kappa shape index (κ2) is 7.03. The number of carbonyl (C=O) groups excluding carboxylic acids is 1. The molecule has 1 unspecified atom stereocenters. The van der Waals surface area contributed by atoms with Gasteiger partial charge >= 0.3 is 5.97 Å². The Balaban J connectivity index is 1.81. The number of piperidine rings is 1. The van der Waals surface area contributed by atoms with E-state index < -0.39 is 5.97 Å². The van der Waals surface area contributed by atoms with Gasteiger partial charge in [0.05, 0.1) is 0 Å². The third kappa shape index (κ3) is 4.33. The molecular formula is C15H20N2O3. The van der Waals surface area contributed by atoms with E-state index in [1.807, 2.05) is 17.0 Å². The van der Waals surface area contributed by atoms with Crippen LogP contribution in [-0.4, -0.2) is 40.0 Å². The van der Waals surface area contributed by atoms with Gasteiger partial charge in [0, 0.05) is 38.3 Å². The van der Waals surface area contributed by atoms with E-state index in [-0.39, 0.29) is 18.2 Å². The topological polar surface area (TPSA) is 70.5 Å². The monoisotopic (exact) mass is 276 g/mol. The summed E-state index contributed by atoms with van der Waals surface area (Å²) in [6.45, 7) is 1.34. The van der Waals surface area contributed by atoms with Gasteiger partial charge in [0.15, 0.2) is 0 Å². The van der Waals surface area contributed by atoms with E-state index in [1.165, 1.54) is 0 Å². The second-order valence-corrected chi connectivity index (χ2v) is 5.30. The average Bonchev–Trinajstić information content (AvgIpc) is 2.45. The smallest absolute Gasteiger partial charge is 0.303 e. The maximum absolute atomic E-state index is 12.2. The molecule has 108 valence electrons. The minimum absolute atomic E-state index is 0.103. The fraction of sp³-hybridized carbons (Fsp3) is 0.533. The van der Waals surface area contributed by atoms with Crippen LogP contribution in [0.5, 0.6) is 0 Å². The Hall–Kier alpha value is -1.91. The molecule has 1 aliphatic rings. The number of rotatable bonds is 5. The Morgan fingerprint density at radius 2 is 2.10 bits per heavy atom. The number of pyridine rings is 1. The first-order valence-electron chi connectivity index (χ1n) is 7.03. The molecule has 1 amide bonds. The van der Waals surface area contributed by atoms with Crippen LogP contribution in [0.1, 0.15) is 31.2 Å². The quantitative estimate of drug-likeness (QED) is 0.889. The summed E-state index contributed by atoms with van der Waals surface area (Å²) in [4.78, 5) is 28.7. The van der Waals surface area contributed by atoms with Gasteiger partial charge in [-0.25, -0.2) is 0 Å². The molecule has 2 rings (SSSR count). The van der Waals surface area contributed by atoms with E-state index in [9.17, 15) is 9.59 Å². The summed E-state index contributed by atoms with van der Waals surface area (Å²) in [5, 5.41) is 8.83. The third-order valence-electron chi connectivity index (χ3n) is 3.71. The van der Waals surface area contributed by atoms with Gasteiger partial charge < -0.3 is 10.0 Å². The maximum atomic E-state index is 12.2. The number of nitrogens with zero attached hydrogens (tertiary/aromatic N) is 2. The van der Waals surface area contributed by atoms with Crippen molar-refractivity contribution >= 4 is 11.9 Å². The molecule has 1 fully saturated rings. The molecule has 1 aromatic heterocycles. The Bertz CT molecular complexity index is 461. The first-order valence-corrected chi connectivity index (χ1v) is 7.03. The second-order valence-electron chi connectivity index (χ2n) is 5.30. The standard InChI is InChI=1S/C15H20N2O3/c18-14(4-3-12-5-7-16-8-6-12)17-9-1-2-13(11-17)10-15(19)20/h5-8,13H,1-4,9-11H2,(H,19,20). The van der Waals surface area contributed by atoms with Crippen molar-refractivity contribution in [3.8, 4) is 0 Å². The highest BCUT2D eigenvalue weighted by Gasteiger charge is 2.24. The van der Waals surface area contributed by atoms with E-state index in [0.29, 0.717) is 19.4 Å². The van der Waals surface area contributed by atoms with E-state index in [2.05, 4.69) is 4.98 Å². The number of hydrogen-bond acceptors (Lipinski definition) is 3. The lowest BCUT2D eigenvalue weighted by atomic mass is 9.94. The van der Waals surface area contributed by atoms with E-state index >= 15 is 0 Å². The fourth-order valence-electron chi connectivity index (χ4n) is 2.66. The summed E-state index contributed by atoms with van der Waals surface area (Å²) in [7, 11) is 0. The molecule has 1 atom stereocenters. The SMILES string of the molecule is O=C(O)CC1CCCN(C(=O)CCc2ccncc2)C1. The van der Waals surface area contributed by atoms with Gasteiger partial charge in [-0.05, 0) is 42.9 Å². The molecule has 0 bridgehead atoms. The predicted molar refractivity (Wildman–Crippen MR) is 74.1 cm³/mol. The summed E-state index contributed by atoms with van der Waals surface area (Å²) >= 11 is 0. The molecule has 0 saturated carbocycles. The van der Waals surface area contributed by atoms with Gasteiger partial charge in [0.2, 0.25) is 5.91 Å². The Kier molecular flexibility index (Phi) is 5.09. The molecule has 1 aromatic rings. The van der Waals surface area contributed by atoms with Crippen molar-refractivity contribution in [2.75, 3.05) is 13.1 Å². The van der Waals surface area contributed by atoms with Crippen LogP contribution in [0.4, 0.5) is 0 Å². The number of aliphatic carboxylic acids is 1. The summed E-state index contributed by atoms with van der Waals surface area (Å²) in [6, 6.07) is 3.83. The van der Waals surface area contributed by atoms with Crippen LogP contribution >= 0.6 is 0 Å². The maximum Gasteiger partial charge on any atom is 0.303 e. The lowest BCUT2D eigenvalue weighted by Gasteiger charge is -2.32. The number of carboxylic acid groups (broad SMARTS) is 1. The number of amides is 1. The van der Waals surface area contributed by atoms with Crippen LogP contribution in [0.15, 0.2) is 24.5 Å². The molecular weight excluding hydrogens is 256 g/mol. The summed E-state index contributed by atoms with van der Waals surface area (Å²) < 4.78 is 0. The molecule has 0 aliphatic carbocycles. The molecule has 5 nitrogen and oxygen atoms in total. The minimum atomic E-state index is -0.777. The Morgan fingerprint density at radius 1 is 1.35 bits per heavy atom. The van der Waals surface area contributed by atoms with E-state index in [1.54, 1.807) is 12.4 Å². The van der Waals surface area contributed by atoms with Gasteiger partial charge in [-0.3, -0.25) is 14.6 Å². The average molecular weight is 276 g/mol. The van der Waals surface area contributed by atoms with Crippen molar-refractivity contribution in [3.63, 3.8) is 0 Å². The van der Waals surface area contributed by atoms with Crippen molar-refractivity contribution < 1.29 is 14.7 Å². The number of carboxylic acids is 1. The van der Waals surface area contributed by atoms with Crippen molar-refractivity contribution in [3.05, 3.63) is 30.1 Å². The normalized spacial score (nSPS) is 18.8. The molecule has 0 radical (unpaired) electrons. The van der Waals surface area contributed by atoms with Gasteiger partial charge in [-0.2, -0.15) is 0 Å².